The van der Waals surface area contributed by atoms with Gasteiger partial charge in [-0.25, -0.2) is 0 Å². The van der Waals surface area contributed by atoms with Gasteiger partial charge in [-0.05, 0) is 37.1 Å². The van der Waals surface area contributed by atoms with Crippen molar-refractivity contribution >= 4 is 11.6 Å². The standard InChI is InChI=1S/C11H15ClO2/c1-3-9(13)7-14-10-4-5-11(12)8(2)6-10/h4-6,9,13H,3,7H2,1-2H3. The predicted molar refractivity (Wildman–Crippen MR) is 58.0 cm³/mol. The maximum Gasteiger partial charge on any atom is 0.119 e. The number of halogens is 1. The van der Waals surface area contributed by atoms with Crippen LogP contribution in [-0.2, 0) is 0 Å². The van der Waals surface area contributed by atoms with Gasteiger partial charge < -0.3 is 9.84 Å². The molecular weight excluding hydrogens is 200 g/mol. The summed E-state index contributed by atoms with van der Waals surface area (Å²) in [4.78, 5) is 0. The van der Waals surface area contributed by atoms with Crippen LogP contribution in [0, 0.1) is 6.92 Å². The van der Waals surface area contributed by atoms with Crippen molar-refractivity contribution in [1.29, 1.82) is 0 Å². The van der Waals surface area contributed by atoms with Crippen molar-refractivity contribution < 1.29 is 9.84 Å². The third-order valence-corrected chi connectivity index (χ3v) is 2.47. The summed E-state index contributed by atoms with van der Waals surface area (Å²) in [7, 11) is 0. The van der Waals surface area contributed by atoms with E-state index in [1.165, 1.54) is 0 Å². The Kier molecular flexibility index (Phi) is 4.23. The van der Waals surface area contributed by atoms with Gasteiger partial charge in [0.2, 0.25) is 0 Å². The van der Waals surface area contributed by atoms with Crippen LogP contribution in [0.2, 0.25) is 5.02 Å². The van der Waals surface area contributed by atoms with Crippen molar-refractivity contribution in [3.63, 3.8) is 0 Å². The highest BCUT2D eigenvalue weighted by atomic mass is 35.5. The zero-order valence-corrected chi connectivity index (χ0v) is 9.21. The highest BCUT2D eigenvalue weighted by Gasteiger charge is 2.02. The normalized spacial score (nSPS) is 12.6. The van der Waals surface area contributed by atoms with E-state index in [-0.39, 0.29) is 0 Å². The Hall–Kier alpha value is -0.730. The molecule has 1 unspecified atom stereocenters. The number of hydrogen-bond donors (Lipinski definition) is 1. The topological polar surface area (TPSA) is 29.5 Å². The molecule has 0 aromatic heterocycles. The molecule has 0 fully saturated rings. The first-order valence-electron chi connectivity index (χ1n) is 4.70. The third-order valence-electron chi connectivity index (χ3n) is 2.04. The lowest BCUT2D eigenvalue weighted by molar-refractivity contribution is 0.104. The molecule has 0 amide bonds. The minimum atomic E-state index is -0.397. The summed E-state index contributed by atoms with van der Waals surface area (Å²) in [5.74, 6) is 0.749. The number of rotatable bonds is 4. The second kappa shape index (κ2) is 5.23. The van der Waals surface area contributed by atoms with Gasteiger partial charge in [0, 0.05) is 5.02 Å². The van der Waals surface area contributed by atoms with E-state index in [1.54, 1.807) is 12.1 Å². The molecule has 0 aliphatic carbocycles. The van der Waals surface area contributed by atoms with Crippen LogP contribution in [0.1, 0.15) is 18.9 Å². The van der Waals surface area contributed by atoms with Crippen LogP contribution in [0.5, 0.6) is 5.75 Å². The zero-order valence-electron chi connectivity index (χ0n) is 8.46. The van der Waals surface area contributed by atoms with Gasteiger partial charge in [0.1, 0.15) is 12.4 Å². The molecule has 78 valence electrons. The summed E-state index contributed by atoms with van der Waals surface area (Å²) in [5.41, 5.74) is 0.982. The van der Waals surface area contributed by atoms with Crippen LogP contribution in [0.15, 0.2) is 18.2 Å². The van der Waals surface area contributed by atoms with Crippen LogP contribution in [0.25, 0.3) is 0 Å². The minimum absolute atomic E-state index is 0.331. The Morgan fingerprint density at radius 1 is 1.50 bits per heavy atom. The van der Waals surface area contributed by atoms with Crippen molar-refractivity contribution in [2.75, 3.05) is 6.61 Å². The molecule has 3 heteroatoms. The molecule has 0 aliphatic rings. The number of hydrogen-bond acceptors (Lipinski definition) is 2. The Balaban J connectivity index is 2.55. The van der Waals surface area contributed by atoms with Gasteiger partial charge >= 0.3 is 0 Å². The van der Waals surface area contributed by atoms with Crippen LogP contribution < -0.4 is 4.74 Å². The molecule has 0 heterocycles. The Labute approximate surface area is 89.5 Å². The molecule has 0 bridgehead atoms. The SMILES string of the molecule is CCC(O)COc1ccc(Cl)c(C)c1. The molecule has 1 aromatic carbocycles. The zero-order chi connectivity index (χ0) is 10.6. The molecule has 2 nitrogen and oxygen atoms in total. The Morgan fingerprint density at radius 3 is 2.79 bits per heavy atom. The first kappa shape index (κ1) is 11.3. The van der Waals surface area contributed by atoms with Crippen molar-refractivity contribution in [2.24, 2.45) is 0 Å². The van der Waals surface area contributed by atoms with Crippen molar-refractivity contribution in [1.82, 2.24) is 0 Å². The van der Waals surface area contributed by atoms with Gasteiger partial charge in [-0.15, -0.1) is 0 Å². The number of aliphatic hydroxyl groups excluding tert-OH is 1. The average molecular weight is 215 g/mol. The lowest BCUT2D eigenvalue weighted by Gasteiger charge is -2.10. The second-order valence-corrected chi connectivity index (χ2v) is 3.69. The van der Waals surface area contributed by atoms with Crippen LogP contribution >= 0.6 is 11.6 Å². The fourth-order valence-electron chi connectivity index (χ4n) is 1.02. The monoisotopic (exact) mass is 214 g/mol. The van der Waals surface area contributed by atoms with Crippen LogP contribution in [-0.4, -0.2) is 17.8 Å². The van der Waals surface area contributed by atoms with E-state index in [2.05, 4.69) is 0 Å². The lowest BCUT2D eigenvalue weighted by atomic mass is 10.2. The summed E-state index contributed by atoms with van der Waals surface area (Å²) in [6.45, 7) is 4.17. The number of ether oxygens (including phenoxy) is 1. The van der Waals surface area contributed by atoms with Gasteiger partial charge in [-0.2, -0.15) is 0 Å². The van der Waals surface area contributed by atoms with E-state index in [4.69, 9.17) is 16.3 Å². The second-order valence-electron chi connectivity index (χ2n) is 3.28. The maximum absolute atomic E-state index is 9.29. The van der Waals surface area contributed by atoms with Crippen LogP contribution in [0.3, 0.4) is 0 Å². The first-order chi connectivity index (χ1) is 6.63. The number of benzene rings is 1. The third kappa shape index (κ3) is 3.20. The Morgan fingerprint density at radius 2 is 2.21 bits per heavy atom. The predicted octanol–water partition coefficient (Wildman–Crippen LogP) is 2.80. The fourth-order valence-corrected chi connectivity index (χ4v) is 1.13. The van der Waals surface area contributed by atoms with Crippen molar-refractivity contribution in [3.05, 3.63) is 28.8 Å². The molecule has 14 heavy (non-hydrogen) atoms. The number of aryl methyl sites for hydroxylation is 1. The van der Waals surface area contributed by atoms with Gasteiger partial charge in [0.15, 0.2) is 0 Å². The average Bonchev–Trinajstić information content (AvgIpc) is 2.19. The molecule has 0 saturated carbocycles. The van der Waals surface area contributed by atoms with Gasteiger partial charge in [-0.1, -0.05) is 18.5 Å². The van der Waals surface area contributed by atoms with E-state index >= 15 is 0 Å². The van der Waals surface area contributed by atoms with Crippen molar-refractivity contribution in [3.8, 4) is 5.75 Å². The van der Waals surface area contributed by atoms with Crippen molar-refractivity contribution in [2.45, 2.75) is 26.4 Å². The molecular formula is C11H15ClO2. The van der Waals surface area contributed by atoms with E-state index < -0.39 is 6.10 Å². The fraction of sp³-hybridized carbons (Fsp3) is 0.455. The van der Waals surface area contributed by atoms with E-state index in [9.17, 15) is 5.11 Å². The Bertz CT molecular complexity index is 299. The summed E-state index contributed by atoms with van der Waals surface area (Å²) < 4.78 is 5.39. The van der Waals surface area contributed by atoms with Gasteiger partial charge in [-0.3, -0.25) is 0 Å². The van der Waals surface area contributed by atoms with E-state index in [0.717, 1.165) is 16.3 Å². The maximum atomic E-state index is 9.29. The highest BCUT2D eigenvalue weighted by molar-refractivity contribution is 6.31. The summed E-state index contributed by atoms with van der Waals surface area (Å²) >= 11 is 5.87. The largest absolute Gasteiger partial charge is 0.491 e. The van der Waals surface area contributed by atoms with Gasteiger partial charge in [0.05, 0.1) is 6.10 Å². The molecule has 1 atom stereocenters. The highest BCUT2D eigenvalue weighted by Crippen LogP contribution is 2.21. The molecule has 0 radical (unpaired) electrons. The number of aliphatic hydroxyl groups is 1. The first-order valence-corrected chi connectivity index (χ1v) is 5.08. The molecule has 0 spiro atoms. The smallest absolute Gasteiger partial charge is 0.119 e. The summed E-state index contributed by atoms with van der Waals surface area (Å²) in [6, 6.07) is 5.47. The van der Waals surface area contributed by atoms with E-state index in [0.29, 0.717) is 13.0 Å². The molecule has 0 saturated heterocycles. The lowest BCUT2D eigenvalue weighted by Crippen LogP contribution is -2.15. The van der Waals surface area contributed by atoms with Gasteiger partial charge in [0.25, 0.3) is 0 Å². The quantitative estimate of drug-likeness (QED) is 0.835. The molecule has 0 aliphatic heterocycles. The minimum Gasteiger partial charge on any atom is -0.491 e. The van der Waals surface area contributed by atoms with E-state index in [1.807, 2.05) is 19.9 Å². The van der Waals surface area contributed by atoms with Crippen LogP contribution in [0.4, 0.5) is 0 Å². The molecule has 1 rings (SSSR count). The summed E-state index contributed by atoms with van der Waals surface area (Å²) in [5, 5.41) is 10.0. The molecule has 1 aromatic rings. The summed E-state index contributed by atoms with van der Waals surface area (Å²) in [6.07, 6.45) is 0.304. The molecule has 1 N–H and O–H groups in total.